The highest BCUT2D eigenvalue weighted by molar-refractivity contribution is 5.94. The van der Waals surface area contributed by atoms with Crippen LogP contribution >= 0.6 is 0 Å². The molecule has 20 heavy (non-hydrogen) atoms. The van der Waals surface area contributed by atoms with Crippen LogP contribution in [0.3, 0.4) is 0 Å². The van der Waals surface area contributed by atoms with Crippen molar-refractivity contribution in [2.75, 3.05) is 12.3 Å². The van der Waals surface area contributed by atoms with Crippen molar-refractivity contribution in [1.29, 1.82) is 0 Å². The fourth-order valence-corrected chi connectivity index (χ4v) is 1.77. The van der Waals surface area contributed by atoms with Crippen molar-refractivity contribution in [3.63, 3.8) is 0 Å². The van der Waals surface area contributed by atoms with Crippen molar-refractivity contribution >= 4 is 11.6 Å². The maximum Gasteiger partial charge on any atom is 0.254 e. The van der Waals surface area contributed by atoms with Gasteiger partial charge in [0.05, 0.1) is 5.56 Å². The first-order valence-corrected chi connectivity index (χ1v) is 6.14. The molecule has 2 aromatic rings. The molecule has 0 saturated heterocycles. The van der Waals surface area contributed by atoms with E-state index in [9.17, 15) is 13.6 Å². The van der Waals surface area contributed by atoms with Crippen molar-refractivity contribution in [3.8, 4) is 0 Å². The van der Waals surface area contributed by atoms with Crippen LogP contribution in [0.4, 0.5) is 14.5 Å². The molecule has 0 radical (unpaired) electrons. The minimum absolute atomic E-state index is 0.290. The van der Waals surface area contributed by atoms with Crippen molar-refractivity contribution in [2.24, 2.45) is 0 Å². The van der Waals surface area contributed by atoms with Gasteiger partial charge in [-0.3, -0.25) is 4.79 Å². The standard InChI is InChI=1S/C15H14F2N2O/c16-11-3-6-14(17)13(9-11)15(20)19-8-7-10-1-4-12(18)5-2-10/h1-6,9H,7-8,18H2,(H,19,20). The number of carbonyl (C=O) groups excluding carboxylic acids is 1. The summed E-state index contributed by atoms with van der Waals surface area (Å²) in [6.45, 7) is 0.332. The van der Waals surface area contributed by atoms with E-state index in [4.69, 9.17) is 5.73 Å². The van der Waals surface area contributed by atoms with Crippen LogP contribution in [0.5, 0.6) is 0 Å². The maximum absolute atomic E-state index is 13.4. The summed E-state index contributed by atoms with van der Waals surface area (Å²) in [6, 6.07) is 10.0. The molecule has 2 rings (SSSR count). The van der Waals surface area contributed by atoms with E-state index >= 15 is 0 Å². The SMILES string of the molecule is Nc1ccc(CCNC(=O)c2cc(F)ccc2F)cc1. The second-order valence-corrected chi connectivity index (χ2v) is 4.37. The van der Waals surface area contributed by atoms with Gasteiger partial charge in [-0.15, -0.1) is 0 Å². The van der Waals surface area contributed by atoms with E-state index in [1.165, 1.54) is 0 Å². The van der Waals surface area contributed by atoms with Gasteiger partial charge in [0.15, 0.2) is 0 Å². The summed E-state index contributed by atoms with van der Waals surface area (Å²) in [6.07, 6.45) is 0.586. The lowest BCUT2D eigenvalue weighted by Crippen LogP contribution is -2.26. The first-order valence-electron chi connectivity index (χ1n) is 6.14. The average Bonchev–Trinajstić information content (AvgIpc) is 2.43. The van der Waals surface area contributed by atoms with Crippen molar-refractivity contribution in [3.05, 3.63) is 65.2 Å². The fourth-order valence-electron chi connectivity index (χ4n) is 1.77. The summed E-state index contributed by atoms with van der Waals surface area (Å²) >= 11 is 0. The number of benzene rings is 2. The summed E-state index contributed by atoms with van der Waals surface area (Å²) in [5, 5.41) is 2.55. The van der Waals surface area contributed by atoms with Gasteiger partial charge in [-0.25, -0.2) is 8.78 Å². The molecule has 0 unspecified atom stereocenters. The molecular weight excluding hydrogens is 262 g/mol. The van der Waals surface area contributed by atoms with Crippen LogP contribution < -0.4 is 11.1 Å². The molecule has 0 bridgehead atoms. The molecule has 0 aromatic heterocycles. The van der Waals surface area contributed by atoms with Crippen molar-refractivity contribution in [2.45, 2.75) is 6.42 Å². The largest absolute Gasteiger partial charge is 0.399 e. The molecule has 3 nitrogen and oxygen atoms in total. The minimum Gasteiger partial charge on any atom is -0.399 e. The molecule has 0 atom stereocenters. The summed E-state index contributed by atoms with van der Waals surface area (Å²) in [7, 11) is 0. The van der Waals surface area contributed by atoms with E-state index in [-0.39, 0.29) is 5.56 Å². The van der Waals surface area contributed by atoms with Gasteiger partial charge in [0.25, 0.3) is 5.91 Å². The molecule has 1 amide bonds. The number of hydrogen-bond acceptors (Lipinski definition) is 2. The molecule has 0 heterocycles. The summed E-state index contributed by atoms with van der Waals surface area (Å²) in [4.78, 5) is 11.7. The van der Waals surface area contributed by atoms with E-state index in [1.54, 1.807) is 12.1 Å². The highest BCUT2D eigenvalue weighted by Crippen LogP contribution is 2.10. The molecular formula is C15H14F2N2O. The van der Waals surface area contributed by atoms with Crippen LogP contribution in [0.1, 0.15) is 15.9 Å². The second-order valence-electron chi connectivity index (χ2n) is 4.37. The van der Waals surface area contributed by atoms with E-state index in [1.807, 2.05) is 12.1 Å². The third kappa shape index (κ3) is 3.54. The number of nitrogen functional groups attached to an aromatic ring is 1. The molecule has 0 saturated carbocycles. The summed E-state index contributed by atoms with van der Waals surface area (Å²) < 4.78 is 26.3. The van der Waals surface area contributed by atoms with Crippen LogP contribution in [0.25, 0.3) is 0 Å². The Labute approximate surface area is 115 Å². The third-order valence-electron chi connectivity index (χ3n) is 2.85. The van der Waals surface area contributed by atoms with Gasteiger partial charge in [0.2, 0.25) is 0 Å². The zero-order chi connectivity index (χ0) is 14.5. The predicted octanol–water partition coefficient (Wildman–Crippen LogP) is 2.52. The number of nitrogens with two attached hydrogens (primary N) is 1. The normalized spacial score (nSPS) is 10.3. The molecule has 0 fully saturated rings. The van der Waals surface area contributed by atoms with E-state index in [0.717, 1.165) is 23.8 Å². The van der Waals surface area contributed by atoms with Crippen LogP contribution in [-0.4, -0.2) is 12.5 Å². The Bertz CT molecular complexity index is 612. The van der Waals surface area contributed by atoms with Crippen molar-refractivity contribution < 1.29 is 13.6 Å². The Hall–Kier alpha value is -2.43. The Balaban J connectivity index is 1.92. The number of amides is 1. The summed E-state index contributed by atoms with van der Waals surface area (Å²) in [5.41, 5.74) is 6.94. The quantitative estimate of drug-likeness (QED) is 0.843. The van der Waals surface area contributed by atoms with E-state index < -0.39 is 17.5 Å². The average molecular weight is 276 g/mol. The minimum atomic E-state index is -0.739. The molecule has 0 spiro atoms. The van der Waals surface area contributed by atoms with Gasteiger partial charge >= 0.3 is 0 Å². The molecule has 3 N–H and O–H groups in total. The molecule has 0 aliphatic heterocycles. The van der Waals surface area contributed by atoms with Gasteiger partial charge in [-0.1, -0.05) is 12.1 Å². The second kappa shape index (κ2) is 6.14. The zero-order valence-electron chi connectivity index (χ0n) is 10.7. The van der Waals surface area contributed by atoms with E-state index in [0.29, 0.717) is 18.7 Å². The monoisotopic (exact) mass is 276 g/mol. The van der Waals surface area contributed by atoms with Gasteiger partial charge in [0.1, 0.15) is 11.6 Å². The van der Waals surface area contributed by atoms with Gasteiger partial charge < -0.3 is 11.1 Å². The Morgan fingerprint density at radius 1 is 1.10 bits per heavy atom. The van der Waals surface area contributed by atoms with Crippen LogP contribution in [-0.2, 0) is 6.42 Å². The first-order chi connectivity index (χ1) is 9.56. The van der Waals surface area contributed by atoms with E-state index in [2.05, 4.69) is 5.32 Å². The third-order valence-corrected chi connectivity index (χ3v) is 2.85. The number of anilines is 1. The van der Waals surface area contributed by atoms with Crippen LogP contribution in [0.15, 0.2) is 42.5 Å². The zero-order valence-corrected chi connectivity index (χ0v) is 10.7. The first kappa shape index (κ1) is 14.0. The Morgan fingerprint density at radius 3 is 2.50 bits per heavy atom. The van der Waals surface area contributed by atoms with Gasteiger partial charge in [-0.05, 0) is 42.3 Å². The number of hydrogen-bond donors (Lipinski definition) is 2. The van der Waals surface area contributed by atoms with Gasteiger partial charge in [-0.2, -0.15) is 0 Å². The molecule has 0 aliphatic rings. The predicted molar refractivity (Wildman–Crippen MR) is 73.2 cm³/mol. The Morgan fingerprint density at radius 2 is 1.80 bits per heavy atom. The van der Waals surface area contributed by atoms with Gasteiger partial charge in [0, 0.05) is 12.2 Å². The lowest BCUT2D eigenvalue weighted by atomic mass is 10.1. The Kier molecular flexibility index (Phi) is 4.30. The highest BCUT2D eigenvalue weighted by Gasteiger charge is 2.12. The summed E-state index contributed by atoms with van der Waals surface area (Å²) in [5.74, 6) is -2.01. The number of rotatable bonds is 4. The number of halogens is 2. The van der Waals surface area contributed by atoms with Crippen LogP contribution in [0, 0.1) is 11.6 Å². The highest BCUT2D eigenvalue weighted by atomic mass is 19.1. The molecule has 104 valence electrons. The topological polar surface area (TPSA) is 55.1 Å². The lowest BCUT2D eigenvalue weighted by molar-refractivity contribution is 0.0949. The number of nitrogens with one attached hydrogen (secondary N) is 1. The lowest BCUT2D eigenvalue weighted by Gasteiger charge is -2.06. The smallest absolute Gasteiger partial charge is 0.254 e. The van der Waals surface area contributed by atoms with Crippen molar-refractivity contribution in [1.82, 2.24) is 5.32 Å². The molecule has 2 aromatic carbocycles. The maximum atomic E-state index is 13.4. The molecule has 5 heteroatoms. The molecule has 0 aliphatic carbocycles. The fraction of sp³-hybridized carbons (Fsp3) is 0.133. The van der Waals surface area contributed by atoms with Crippen LogP contribution in [0.2, 0.25) is 0 Å². The number of carbonyl (C=O) groups is 1.